The molecule has 0 N–H and O–H groups in total. The SMILES string of the molecule is CS(=O)(=O)N1Cc2ccccc2C[C@H]1C(=O)N1CCN2C(=O)CC[C@@H]2C1. The molecule has 0 aliphatic carbocycles. The first-order chi connectivity index (χ1) is 12.3. The van der Waals surface area contributed by atoms with E-state index in [1.807, 2.05) is 29.2 Å². The molecule has 8 heteroatoms. The van der Waals surface area contributed by atoms with E-state index in [0.717, 1.165) is 23.8 Å². The van der Waals surface area contributed by atoms with Gasteiger partial charge < -0.3 is 9.80 Å². The zero-order valence-corrected chi connectivity index (χ0v) is 15.6. The lowest BCUT2D eigenvalue weighted by Crippen LogP contribution is -2.59. The van der Waals surface area contributed by atoms with E-state index < -0.39 is 16.1 Å². The van der Waals surface area contributed by atoms with Gasteiger partial charge in [-0.25, -0.2) is 8.42 Å². The number of carbonyl (C=O) groups excluding carboxylic acids is 2. The van der Waals surface area contributed by atoms with Crippen LogP contribution in [0.15, 0.2) is 24.3 Å². The van der Waals surface area contributed by atoms with Gasteiger partial charge in [0.05, 0.1) is 6.26 Å². The first-order valence-corrected chi connectivity index (χ1v) is 10.8. The smallest absolute Gasteiger partial charge is 0.241 e. The fraction of sp³-hybridized carbons (Fsp3) is 0.556. The minimum Gasteiger partial charge on any atom is -0.337 e. The standard InChI is InChI=1S/C18H23N3O4S/c1-26(24,25)21-11-14-5-3-2-4-13(14)10-16(21)18(23)19-8-9-20-15(12-19)6-7-17(20)22/h2-5,15-16H,6-12H2,1H3/t15-,16+/m1/s1. The lowest BCUT2D eigenvalue weighted by atomic mass is 9.95. The van der Waals surface area contributed by atoms with Crippen molar-refractivity contribution in [3.05, 3.63) is 35.4 Å². The third kappa shape index (κ3) is 3.01. The zero-order valence-electron chi connectivity index (χ0n) is 14.8. The van der Waals surface area contributed by atoms with E-state index in [-0.39, 0.29) is 24.4 Å². The predicted octanol–water partition coefficient (Wildman–Crippen LogP) is 0.206. The van der Waals surface area contributed by atoms with Gasteiger partial charge in [-0.2, -0.15) is 4.31 Å². The van der Waals surface area contributed by atoms with E-state index in [9.17, 15) is 18.0 Å². The van der Waals surface area contributed by atoms with E-state index in [2.05, 4.69) is 0 Å². The van der Waals surface area contributed by atoms with Gasteiger partial charge in [-0.1, -0.05) is 24.3 Å². The van der Waals surface area contributed by atoms with Gasteiger partial charge in [0.2, 0.25) is 21.8 Å². The summed E-state index contributed by atoms with van der Waals surface area (Å²) in [7, 11) is -3.51. The van der Waals surface area contributed by atoms with Crippen LogP contribution in [0.5, 0.6) is 0 Å². The molecule has 2 saturated heterocycles. The van der Waals surface area contributed by atoms with Gasteiger partial charge in [-0.15, -0.1) is 0 Å². The summed E-state index contributed by atoms with van der Waals surface area (Å²) in [4.78, 5) is 28.7. The first kappa shape index (κ1) is 17.5. The highest BCUT2D eigenvalue weighted by Crippen LogP contribution is 2.28. The number of nitrogens with zero attached hydrogens (tertiary/aromatic N) is 3. The summed E-state index contributed by atoms with van der Waals surface area (Å²) in [6, 6.07) is 7.04. The third-order valence-electron chi connectivity index (χ3n) is 5.72. The number of rotatable bonds is 2. The normalized spacial score (nSPS) is 26.6. The van der Waals surface area contributed by atoms with Crippen LogP contribution < -0.4 is 0 Å². The summed E-state index contributed by atoms with van der Waals surface area (Å²) in [6.07, 6.45) is 2.87. The summed E-state index contributed by atoms with van der Waals surface area (Å²) in [5.41, 5.74) is 1.98. The van der Waals surface area contributed by atoms with Gasteiger partial charge in [0, 0.05) is 38.6 Å². The van der Waals surface area contributed by atoms with Crippen LogP contribution >= 0.6 is 0 Å². The minimum atomic E-state index is -3.51. The Bertz CT molecular complexity index is 854. The lowest BCUT2D eigenvalue weighted by Gasteiger charge is -2.41. The number of hydrogen-bond acceptors (Lipinski definition) is 4. The third-order valence-corrected chi connectivity index (χ3v) is 6.96. The molecular weight excluding hydrogens is 354 g/mol. The largest absolute Gasteiger partial charge is 0.337 e. The van der Waals surface area contributed by atoms with Crippen molar-refractivity contribution in [3.63, 3.8) is 0 Å². The predicted molar refractivity (Wildman–Crippen MR) is 95.6 cm³/mol. The van der Waals surface area contributed by atoms with Crippen molar-refractivity contribution in [2.75, 3.05) is 25.9 Å². The van der Waals surface area contributed by atoms with E-state index in [1.54, 1.807) is 4.90 Å². The summed E-state index contributed by atoms with van der Waals surface area (Å²) in [5, 5.41) is 0. The highest BCUT2D eigenvalue weighted by Gasteiger charge is 2.42. The van der Waals surface area contributed by atoms with Crippen molar-refractivity contribution in [2.24, 2.45) is 0 Å². The number of hydrogen-bond donors (Lipinski definition) is 0. The van der Waals surface area contributed by atoms with Crippen molar-refractivity contribution >= 4 is 21.8 Å². The van der Waals surface area contributed by atoms with Crippen LogP contribution in [0.4, 0.5) is 0 Å². The number of benzene rings is 1. The second-order valence-electron chi connectivity index (χ2n) is 7.36. The van der Waals surface area contributed by atoms with E-state index in [1.165, 1.54) is 4.31 Å². The van der Waals surface area contributed by atoms with Gasteiger partial charge in [-0.05, 0) is 24.0 Å². The second kappa shape index (κ2) is 6.35. The van der Waals surface area contributed by atoms with Gasteiger partial charge in [0.25, 0.3) is 0 Å². The average molecular weight is 377 g/mol. The molecule has 3 heterocycles. The Morgan fingerprint density at radius 2 is 1.88 bits per heavy atom. The van der Waals surface area contributed by atoms with E-state index in [0.29, 0.717) is 32.5 Å². The van der Waals surface area contributed by atoms with Crippen molar-refractivity contribution < 1.29 is 18.0 Å². The molecule has 7 nitrogen and oxygen atoms in total. The van der Waals surface area contributed by atoms with Crippen LogP contribution in [-0.4, -0.2) is 72.3 Å². The van der Waals surface area contributed by atoms with E-state index in [4.69, 9.17) is 0 Å². The molecule has 0 radical (unpaired) electrons. The van der Waals surface area contributed by atoms with Gasteiger partial charge in [-0.3, -0.25) is 9.59 Å². The Labute approximate surface area is 153 Å². The molecule has 0 spiro atoms. The first-order valence-electron chi connectivity index (χ1n) is 8.96. The Hall–Kier alpha value is -1.93. The summed E-state index contributed by atoms with van der Waals surface area (Å²) >= 11 is 0. The Balaban J connectivity index is 1.58. The molecule has 3 aliphatic rings. The molecule has 0 saturated carbocycles. The maximum absolute atomic E-state index is 13.2. The summed E-state index contributed by atoms with van der Waals surface area (Å²) in [6.45, 7) is 1.74. The fourth-order valence-electron chi connectivity index (χ4n) is 4.33. The van der Waals surface area contributed by atoms with Crippen LogP contribution in [0.25, 0.3) is 0 Å². The molecule has 0 aromatic heterocycles. The van der Waals surface area contributed by atoms with Crippen molar-refractivity contribution in [1.29, 1.82) is 0 Å². The Morgan fingerprint density at radius 1 is 1.15 bits per heavy atom. The summed E-state index contributed by atoms with van der Waals surface area (Å²) < 4.78 is 26.0. The number of carbonyl (C=O) groups is 2. The topological polar surface area (TPSA) is 78.0 Å². The monoisotopic (exact) mass is 377 g/mol. The van der Waals surface area contributed by atoms with Gasteiger partial charge in [0.1, 0.15) is 6.04 Å². The molecule has 2 amide bonds. The Morgan fingerprint density at radius 3 is 2.62 bits per heavy atom. The number of sulfonamides is 1. The number of piperazine rings is 1. The molecule has 0 bridgehead atoms. The molecule has 2 fully saturated rings. The molecule has 4 rings (SSSR count). The van der Waals surface area contributed by atoms with Crippen LogP contribution in [0.2, 0.25) is 0 Å². The fourth-order valence-corrected chi connectivity index (χ4v) is 5.33. The van der Waals surface area contributed by atoms with Crippen LogP contribution in [-0.2, 0) is 32.6 Å². The van der Waals surface area contributed by atoms with Gasteiger partial charge >= 0.3 is 0 Å². The maximum Gasteiger partial charge on any atom is 0.241 e. The van der Waals surface area contributed by atoms with Crippen LogP contribution in [0, 0.1) is 0 Å². The van der Waals surface area contributed by atoms with Crippen LogP contribution in [0.3, 0.4) is 0 Å². The maximum atomic E-state index is 13.2. The lowest BCUT2D eigenvalue weighted by molar-refractivity contribution is -0.142. The molecular formula is C18H23N3O4S. The zero-order chi connectivity index (χ0) is 18.5. The summed E-state index contributed by atoms with van der Waals surface area (Å²) in [5.74, 6) is 0.00961. The molecule has 26 heavy (non-hydrogen) atoms. The second-order valence-corrected chi connectivity index (χ2v) is 9.30. The molecule has 140 valence electrons. The minimum absolute atomic E-state index is 0.0720. The quantitative estimate of drug-likeness (QED) is 0.738. The van der Waals surface area contributed by atoms with E-state index >= 15 is 0 Å². The Kier molecular flexibility index (Phi) is 4.27. The molecule has 1 aromatic rings. The van der Waals surface area contributed by atoms with Crippen molar-refractivity contribution in [2.45, 2.75) is 37.9 Å². The highest BCUT2D eigenvalue weighted by atomic mass is 32.2. The number of amides is 2. The van der Waals surface area contributed by atoms with Crippen molar-refractivity contribution in [1.82, 2.24) is 14.1 Å². The average Bonchev–Trinajstić information content (AvgIpc) is 2.99. The molecule has 3 aliphatic heterocycles. The number of fused-ring (bicyclic) bond motifs is 2. The van der Waals surface area contributed by atoms with Crippen molar-refractivity contribution in [3.8, 4) is 0 Å². The van der Waals surface area contributed by atoms with Crippen LogP contribution in [0.1, 0.15) is 24.0 Å². The molecule has 1 aromatic carbocycles. The highest BCUT2D eigenvalue weighted by molar-refractivity contribution is 7.88. The molecule has 2 atom stereocenters. The molecule has 0 unspecified atom stereocenters. The van der Waals surface area contributed by atoms with Gasteiger partial charge in [0.15, 0.2) is 0 Å².